The lowest BCUT2D eigenvalue weighted by atomic mass is 10.1. The maximum atomic E-state index is 12.5. The molecule has 25 heavy (non-hydrogen) atoms. The second-order valence-corrected chi connectivity index (χ2v) is 8.30. The van der Waals surface area contributed by atoms with Crippen LogP contribution in [-0.4, -0.2) is 38.1 Å². The molecule has 1 aromatic carbocycles. The highest BCUT2D eigenvalue weighted by Crippen LogP contribution is 2.29. The summed E-state index contributed by atoms with van der Waals surface area (Å²) >= 11 is 1.48. The summed E-state index contributed by atoms with van der Waals surface area (Å²) in [5, 5.41) is 2.56. The van der Waals surface area contributed by atoms with Crippen molar-refractivity contribution in [2.45, 2.75) is 32.1 Å². The van der Waals surface area contributed by atoms with Crippen LogP contribution in [0, 0.1) is 0 Å². The van der Waals surface area contributed by atoms with Gasteiger partial charge in [0.1, 0.15) is 6.04 Å². The van der Waals surface area contributed by atoms with Gasteiger partial charge in [-0.2, -0.15) is 24.9 Å². The van der Waals surface area contributed by atoms with Gasteiger partial charge >= 0.3 is 6.18 Å². The molecule has 1 rings (SSSR count). The van der Waals surface area contributed by atoms with E-state index in [1.165, 1.54) is 30.8 Å². The van der Waals surface area contributed by atoms with E-state index in [1.54, 1.807) is 0 Å². The third kappa shape index (κ3) is 7.66. The van der Waals surface area contributed by atoms with Crippen molar-refractivity contribution in [2.75, 3.05) is 17.8 Å². The number of benzene rings is 1. The highest BCUT2D eigenvalue weighted by atomic mass is 32.2. The van der Waals surface area contributed by atoms with Gasteiger partial charge in [-0.15, -0.1) is 0 Å². The molecule has 5 nitrogen and oxygen atoms in total. The maximum absolute atomic E-state index is 12.5. The monoisotopic (exact) mass is 398 g/mol. The lowest BCUT2D eigenvalue weighted by Gasteiger charge is -2.18. The smallest absolute Gasteiger partial charge is 0.351 e. The SMILES string of the molecule is CCS(=O)(=O)NC(CCSC)C(=O)NCc1ccc(C(F)(F)F)cc1. The molecule has 0 saturated heterocycles. The van der Waals surface area contributed by atoms with Crippen LogP contribution in [0.3, 0.4) is 0 Å². The Morgan fingerprint density at radius 1 is 1.24 bits per heavy atom. The molecule has 142 valence electrons. The molecular formula is C15H21F3N2O3S2. The third-order valence-corrected chi connectivity index (χ3v) is 5.42. The van der Waals surface area contributed by atoms with Gasteiger partial charge in [-0.05, 0) is 43.0 Å². The van der Waals surface area contributed by atoms with E-state index in [0.29, 0.717) is 17.7 Å². The molecule has 0 bridgehead atoms. The fraction of sp³-hybridized carbons (Fsp3) is 0.533. The molecule has 1 unspecified atom stereocenters. The van der Waals surface area contributed by atoms with Crippen LogP contribution in [0.5, 0.6) is 0 Å². The third-order valence-electron chi connectivity index (χ3n) is 3.38. The van der Waals surface area contributed by atoms with E-state index < -0.39 is 33.7 Å². The topological polar surface area (TPSA) is 75.3 Å². The van der Waals surface area contributed by atoms with Gasteiger partial charge in [0.05, 0.1) is 11.3 Å². The lowest BCUT2D eigenvalue weighted by Crippen LogP contribution is -2.47. The van der Waals surface area contributed by atoms with E-state index in [9.17, 15) is 26.4 Å². The van der Waals surface area contributed by atoms with Gasteiger partial charge in [0.15, 0.2) is 0 Å². The quantitative estimate of drug-likeness (QED) is 0.670. The number of carbonyl (C=O) groups excluding carboxylic acids is 1. The first-order valence-electron chi connectivity index (χ1n) is 7.52. The van der Waals surface area contributed by atoms with Crippen molar-refractivity contribution in [1.29, 1.82) is 0 Å². The number of thioether (sulfide) groups is 1. The zero-order chi connectivity index (χ0) is 19.1. The molecule has 0 radical (unpaired) electrons. The maximum Gasteiger partial charge on any atom is 0.416 e. The van der Waals surface area contributed by atoms with Crippen molar-refractivity contribution in [2.24, 2.45) is 0 Å². The van der Waals surface area contributed by atoms with Gasteiger partial charge in [0, 0.05) is 6.54 Å². The molecule has 2 N–H and O–H groups in total. The second kappa shape index (κ2) is 9.44. The summed E-state index contributed by atoms with van der Waals surface area (Å²) < 4.78 is 63.2. The minimum absolute atomic E-state index is 0.0145. The van der Waals surface area contributed by atoms with Gasteiger partial charge in [-0.25, -0.2) is 13.1 Å². The van der Waals surface area contributed by atoms with Crippen LogP contribution in [0.15, 0.2) is 24.3 Å². The minimum atomic E-state index is -4.41. The molecule has 0 aliphatic rings. The summed E-state index contributed by atoms with van der Waals surface area (Å²) in [6, 6.07) is 3.51. The summed E-state index contributed by atoms with van der Waals surface area (Å²) in [5.74, 6) is -0.0644. The second-order valence-electron chi connectivity index (χ2n) is 5.27. The molecule has 1 atom stereocenters. The average Bonchev–Trinajstić information content (AvgIpc) is 2.56. The largest absolute Gasteiger partial charge is 0.416 e. The van der Waals surface area contributed by atoms with Gasteiger partial charge in [0.25, 0.3) is 0 Å². The van der Waals surface area contributed by atoms with E-state index >= 15 is 0 Å². The predicted molar refractivity (Wildman–Crippen MR) is 92.7 cm³/mol. The van der Waals surface area contributed by atoms with Gasteiger partial charge in [-0.1, -0.05) is 12.1 Å². The fourth-order valence-electron chi connectivity index (χ4n) is 1.90. The number of hydrogen-bond acceptors (Lipinski definition) is 4. The molecule has 0 aliphatic carbocycles. The molecule has 0 heterocycles. The first-order valence-corrected chi connectivity index (χ1v) is 10.6. The van der Waals surface area contributed by atoms with E-state index in [1.807, 2.05) is 6.26 Å². The van der Waals surface area contributed by atoms with Gasteiger partial charge in [-0.3, -0.25) is 4.79 Å². The van der Waals surface area contributed by atoms with Crippen LogP contribution in [0.25, 0.3) is 0 Å². The summed E-state index contributed by atoms with van der Waals surface area (Å²) in [5.41, 5.74) is -0.278. The van der Waals surface area contributed by atoms with Crippen LogP contribution in [0.2, 0.25) is 0 Å². The summed E-state index contributed by atoms with van der Waals surface area (Å²) in [7, 11) is -3.54. The van der Waals surface area contributed by atoms with Crippen LogP contribution in [-0.2, 0) is 27.5 Å². The fourth-order valence-corrected chi connectivity index (χ4v) is 3.20. The molecule has 0 spiro atoms. The Labute approximate surface area is 149 Å². The minimum Gasteiger partial charge on any atom is -0.351 e. The Hall–Kier alpha value is -1.26. The van der Waals surface area contributed by atoms with E-state index in [-0.39, 0.29) is 12.3 Å². The van der Waals surface area contributed by atoms with Gasteiger partial charge < -0.3 is 5.32 Å². The Morgan fingerprint density at radius 3 is 2.32 bits per heavy atom. The molecule has 0 fully saturated rings. The first kappa shape index (κ1) is 21.8. The Balaban J connectivity index is 2.70. The highest BCUT2D eigenvalue weighted by Gasteiger charge is 2.30. The van der Waals surface area contributed by atoms with Crippen molar-refractivity contribution in [3.05, 3.63) is 35.4 Å². The number of hydrogen-bond donors (Lipinski definition) is 2. The van der Waals surface area contributed by atoms with E-state index in [0.717, 1.165) is 12.1 Å². The highest BCUT2D eigenvalue weighted by molar-refractivity contribution is 7.98. The molecule has 10 heteroatoms. The molecule has 0 saturated carbocycles. The normalized spacial score (nSPS) is 13.5. The zero-order valence-electron chi connectivity index (χ0n) is 13.9. The molecule has 0 aliphatic heterocycles. The number of sulfonamides is 1. The van der Waals surface area contributed by atoms with Crippen LogP contribution >= 0.6 is 11.8 Å². The van der Waals surface area contributed by atoms with Gasteiger partial charge in [0.2, 0.25) is 15.9 Å². The standard InChI is InChI=1S/C15H21F3N2O3S2/c1-3-25(22,23)20-13(8-9-24-2)14(21)19-10-11-4-6-12(7-5-11)15(16,17)18/h4-7,13,20H,3,8-10H2,1-2H3,(H,19,21). The van der Waals surface area contributed by atoms with Crippen molar-refractivity contribution in [1.82, 2.24) is 10.0 Å². The molecule has 1 aromatic rings. The Bertz CT molecular complexity index is 662. The van der Waals surface area contributed by atoms with E-state index in [4.69, 9.17) is 0 Å². The molecule has 1 amide bonds. The Morgan fingerprint density at radius 2 is 1.84 bits per heavy atom. The van der Waals surface area contributed by atoms with Crippen molar-refractivity contribution < 1.29 is 26.4 Å². The first-order chi connectivity index (χ1) is 11.6. The number of amides is 1. The number of nitrogens with one attached hydrogen (secondary N) is 2. The number of carbonyl (C=O) groups is 1. The van der Waals surface area contributed by atoms with Crippen molar-refractivity contribution in [3.8, 4) is 0 Å². The van der Waals surface area contributed by atoms with Crippen LogP contribution in [0.1, 0.15) is 24.5 Å². The zero-order valence-corrected chi connectivity index (χ0v) is 15.5. The average molecular weight is 398 g/mol. The summed E-state index contributed by atoms with van der Waals surface area (Å²) in [4.78, 5) is 12.2. The van der Waals surface area contributed by atoms with Crippen molar-refractivity contribution in [3.63, 3.8) is 0 Å². The lowest BCUT2D eigenvalue weighted by molar-refractivity contribution is -0.137. The Kier molecular flexibility index (Phi) is 8.23. The summed E-state index contributed by atoms with van der Waals surface area (Å²) in [6.07, 6.45) is -2.26. The van der Waals surface area contributed by atoms with Crippen molar-refractivity contribution >= 4 is 27.7 Å². The van der Waals surface area contributed by atoms with Crippen LogP contribution < -0.4 is 10.0 Å². The van der Waals surface area contributed by atoms with E-state index in [2.05, 4.69) is 10.0 Å². The molecular weight excluding hydrogens is 377 g/mol. The number of alkyl halides is 3. The number of halogens is 3. The predicted octanol–water partition coefficient (Wildman–Crippen LogP) is 2.38. The summed E-state index contributed by atoms with van der Waals surface area (Å²) in [6.45, 7) is 1.48. The van der Waals surface area contributed by atoms with Crippen LogP contribution in [0.4, 0.5) is 13.2 Å². The number of rotatable bonds is 9. The molecule has 0 aromatic heterocycles.